The van der Waals surface area contributed by atoms with Gasteiger partial charge in [0.2, 0.25) is 0 Å². The molecule has 0 heterocycles. The minimum atomic E-state index is -0.818. The summed E-state index contributed by atoms with van der Waals surface area (Å²) in [6, 6.07) is 0. The molecule has 5 nitrogen and oxygen atoms in total. The quantitative estimate of drug-likeness (QED) is 0.202. The number of hydrogen-bond acceptors (Lipinski definition) is 4. The SMILES string of the molecule is CCCCCCCCC(O)C=CC=CC1CCC1C(CCCC(=O)O)OC(C)=O. The summed E-state index contributed by atoms with van der Waals surface area (Å²) >= 11 is 0. The molecule has 5 heteroatoms. The van der Waals surface area contributed by atoms with Crippen molar-refractivity contribution in [2.24, 2.45) is 11.8 Å². The fourth-order valence-corrected chi connectivity index (χ4v) is 3.91. The highest BCUT2D eigenvalue weighted by atomic mass is 16.5. The van der Waals surface area contributed by atoms with Crippen molar-refractivity contribution in [3.63, 3.8) is 0 Å². The van der Waals surface area contributed by atoms with Crippen LogP contribution in [0.1, 0.15) is 90.9 Å². The van der Waals surface area contributed by atoms with E-state index in [-0.39, 0.29) is 24.4 Å². The Kier molecular flexibility index (Phi) is 13.4. The number of hydrogen-bond donors (Lipinski definition) is 2. The monoisotopic (exact) mass is 408 g/mol. The molecule has 166 valence electrons. The minimum absolute atomic E-state index is 0.101. The van der Waals surface area contributed by atoms with E-state index < -0.39 is 12.1 Å². The molecule has 0 bridgehead atoms. The molecule has 4 unspecified atom stereocenters. The third kappa shape index (κ3) is 11.8. The molecule has 0 aromatic carbocycles. The van der Waals surface area contributed by atoms with Gasteiger partial charge in [-0.2, -0.15) is 0 Å². The maximum absolute atomic E-state index is 11.4. The summed E-state index contributed by atoms with van der Waals surface area (Å²) in [7, 11) is 0. The first-order chi connectivity index (χ1) is 13.9. The molecule has 0 amide bonds. The first-order valence-corrected chi connectivity index (χ1v) is 11.4. The largest absolute Gasteiger partial charge is 0.481 e. The summed E-state index contributed by atoms with van der Waals surface area (Å²) in [6.07, 6.45) is 18.6. The number of esters is 1. The fraction of sp³-hybridized carbons (Fsp3) is 0.750. The van der Waals surface area contributed by atoms with Gasteiger partial charge >= 0.3 is 11.9 Å². The number of carboxylic acids is 1. The molecule has 1 aliphatic carbocycles. The number of aliphatic carboxylic acids is 1. The van der Waals surface area contributed by atoms with Crippen LogP contribution in [-0.4, -0.2) is 34.4 Å². The molecule has 1 aliphatic rings. The molecule has 0 aliphatic heterocycles. The average Bonchev–Trinajstić information content (AvgIpc) is 2.62. The number of aliphatic hydroxyl groups excluding tert-OH is 1. The second-order valence-corrected chi connectivity index (χ2v) is 8.23. The van der Waals surface area contributed by atoms with Gasteiger partial charge in [-0.1, -0.05) is 69.8 Å². The van der Waals surface area contributed by atoms with Crippen LogP contribution in [-0.2, 0) is 14.3 Å². The molecule has 0 aromatic rings. The molecule has 2 N–H and O–H groups in total. The van der Waals surface area contributed by atoms with Crippen molar-refractivity contribution < 1.29 is 24.5 Å². The van der Waals surface area contributed by atoms with Crippen LogP contribution in [0.15, 0.2) is 24.3 Å². The highest BCUT2D eigenvalue weighted by molar-refractivity contribution is 5.67. The van der Waals surface area contributed by atoms with Crippen LogP contribution in [0.5, 0.6) is 0 Å². The summed E-state index contributed by atoms with van der Waals surface area (Å²) < 4.78 is 5.47. The van der Waals surface area contributed by atoms with Crippen molar-refractivity contribution in [2.45, 2.75) is 103 Å². The lowest BCUT2D eigenvalue weighted by atomic mass is 9.69. The van der Waals surface area contributed by atoms with Gasteiger partial charge in [0.05, 0.1) is 6.10 Å². The third-order valence-corrected chi connectivity index (χ3v) is 5.71. The van der Waals surface area contributed by atoms with E-state index in [1.165, 1.54) is 39.0 Å². The van der Waals surface area contributed by atoms with Crippen molar-refractivity contribution in [3.8, 4) is 0 Å². The molecule has 1 rings (SSSR count). The van der Waals surface area contributed by atoms with E-state index in [1.807, 2.05) is 18.2 Å². The molecular formula is C24H40O5. The van der Waals surface area contributed by atoms with Gasteiger partial charge in [-0.05, 0) is 38.0 Å². The summed E-state index contributed by atoms with van der Waals surface area (Å²) in [6.45, 7) is 3.62. The topological polar surface area (TPSA) is 83.8 Å². The van der Waals surface area contributed by atoms with E-state index >= 15 is 0 Å². The van der Waals surface area contributed by atoms with Gasteiger partial charge in [0.25, 0.3) is 0 Å². The Morgan fingerprint density at radius 1 is 1.03 bits per heavy atom. The zero-order valence-corrected chi connectivity index (χ0v) is 18.2. The van der Waals surface area contributed by atoms with E-state index in [0.717, 1.165) is 25.7 Å². The first-order valence-electron chi connectivity index (χ1n) is 11.4. The molecular weight excluding hydrogens is 368 g/mol. The number of aliphatic hydroxyl groups is 1. The van der Waals surface area contributed by atoms with Crippen LogP contribution in [0.4, 0.5) is 0 Å². The number of allylic oxidation sites excluding steroid dienone is 3. The standard InChI is InChI=1S/C24H40O5/c1-3-4-5-6-7-8-13-21(26)14-10-9-12-20-17-18-22(20)23(29-19(2)25)15-11-16-24(27)28/h9-10,12,14,20-23,26H,3-8,11,13,15-18H2,1-2H3,(H,27,28). The maximum Gasteiger partial charge on any atom is 0.303 e. The summed E-state index contributed by atoms with van der Waals surface area (Å²) in [5, 5.41) is 18.9. The van der Waals surface area contributed by atoms with E-state index in [1.54, 1.807) is 0 Å². The second-order valence-electron chi connectivity index (χ2n) is 8.23. The van der Waals surface area contributed by atoms with Gasteiger partial charge in [-0.3, -0.25) is 9.59 Å². The lowest BCUT2D eigenvalue weighted by Gasteiger charge is -2.39. The number of ether oxygens (including phenoxy) is 1. The number of carboxylic acid groups (broad SMARTS) is 1. The summed E-state index contributed by atoms with van der Waals surface area (Å²) in [4.78, 5) is 22.1. The zero-order chi connectivity index (χ0) is 21.5. The third-order valence-electron chi connectivity index (χ3n) is 5.71. The van der Waals surface area contributed by atoms with Gasteiger partial charge < -0.3 is 14.9 Å². The van der Waals surface area contributed by atoms with Gasteiger partial charge in [0, 0.05) is 19.3 Å². The highest BCUT2D eigenvalue weighted by Gasteiger charge is 2.36. The van der Waals surface area contributed by atoms with Crippen LogP contribution in [0.25, 0.3) is 0 Å². The molecule has 0 aromatic heterocycles. The maximum atomic E-state index is 11.4. The number of carbonyl (C=O) groups is 2. The van der Waals surface area contributed by atoms with Crippen molar-refractivity contribution in [2.75, 3.05) is 0 Å². The second kappa shape index (κ2) is 15.3. The number of rotatable bonds is 16. The van der Waals surface area contributed by atoms with Gasteiger partial charge in [0.15, 0.2) is 0 Å². The van der Waals surface area contributed by atoms with Crippen LogP contribution in [0.2, 0.25) is 0 Å². The molecule has 0 radical (unpaired) electrons. The van der Waals surface area contributed by atoms with Crippen molar-refractivity contribution in [1.82, 2.24) is 0 Å². The average molecular weight is 409 g/mol. The Labute approximate surface area is 176 Å². The van der Waals surface area contributed by atoms with E-state index in [9.17, 15) is 14.7 Å². The Bertz CT molecular complexity index is 525. The lowest BCUT2D eigenvalue weighted by Crippen LogP contribution is -2.37. The molecule has 1 fully saturated rings. The van der Waals surface area contributed by atoms with Crippen LogP contribution in [0, 0.1) is 11.8 Å². The lowest BCUT2D eigenvalue weighted by molar-refractivity contribution is -0.152. The van der Waals surface area contributed by atoms with Gasteiger partial charge in [-0.25, -0.2) is 0 Å². The van der Waals surface area contributed by atoms with Gasteiger partial charge in [-0.15, -0.1) is 0 Å². The van der Waals surface area contributed by atoms with Crippen LogP contribution in [0.3, 0.4) is 0 Å². The van der Waals surface area contributed by atoms with Crippen LogP contribution < -0.4 is 0 Å². The smallest absolute Gasteiger partial charge is 0.303 e. The fourth-order valence-electron chi connectivity index (χ4n) is 3.91. The van der Waals surface area contributed by atoms with Crippen molar-refractivity contribution in [3.05, 3.63) is 24.3 Å². The summed E-state index contributed by atoms with van der Waals surface area (Å²) in [5.74, 6) is -0.533. The zero-order valence-electron chi connectivity index (χ0n) is 18.2. The number of carbonyl (C=O) groups excluding carboxylic acids is 1. The summed E-state index contributed by atoms with van der Waals surface area (Å²) in [5.41, 5.74) is 0. The number of unbranched alkanes of at least 4 members (excludes halogenated alkanes) is 5. The normalized spacial score (nSPS) is 21.2. The minimum Gasteiger partial charge on any atom is -0.481 e. The molecule has 29 heavy (non-hydrogen) atoms. The highest BCUT2D eigenvalue weighted by Crippen LogP contribution is 2.40. The van der Waals surface area contributed by atoms with E-state index in [0.29, 0.717) is 18.8 Å². The Morgan fingerprint density at radius 2 is 1.76 bits per heavy atom. The van der Waals surface area contributed by atoms with Crippen LogP contribution >= 0.6 is 0 Å². The van der Waals surface area contributed by atoms with E-state index in [4.69, 9.17) is 9.84 Å². The van der Waals surface area contributed by atoms with Gasteiger partial charge in [0.1, 0.15) is 6.10 Å². The Morgan fingerprint density at radius 3 is 2.38 bits per heavy atom. The molecule has 0 saturated heterocycles. The molecule has 1 saturated carbocycles. The predicted octanol–water partition coefficient (Wildman–Crippen LogP) is 5.42. The van der Waals surface area contributed by atoms with E-state index in [2.05, 4.69) is 13.0 Å². The van der Waals surface area contributed by atoms with Crippen molar-refractivity contribution in [1.29, 1.82) is 0 Å². The molecule has 0 spiro atoms. The van der Waals surface area contributed by atoms with Crippen molar-refractivity contribution >= 4 is 11.9 Å². The molecule has 4 atom stereocenters. The Hall–Kier alpha value is -1.62. The first kappa shape index (κ1) is 25.4. The Balaban J connectivity index is 2.35. The predicted molar refractivity (Wildman–Crippen MR) is 116 cm³/mol.